The quantitative estimate of drug-likeness (QED) is 0.883. The summed E-state index contributed by atoms with van der Waals surface area (Å²) in [5.74, 6) is 0.447. The standard InChI is InChI=1S/C15H22BrNO/c1-10-7-14(16)8-13(15(10)18)9-17-11(2)5-4-6-12(17)3/h7-8,11-12,18H,4-6,9H2,1-3H3/t11-,12+. The summed E-state index contributed by atoms with van der Waals surface area (Å²) in [5, 5.41) is 10.2. The van der Waals surface area contributed by atoms with Crippen molar-refractivity contribution in [3.8, 4) is 5.75 Å². The van der Waals surface area contributed by atoms with Gasteiger partial charge in [0.05, 0.1) is 0 Å². The fourth-order valence-corrected chi connectivity index (χ4v) is 3.53. The number of hydrogen-bond acceptors (Lipinski definition) is 2. The number of phenols is 1. The van der Waals surface area contributed by atoms with Crippen molar-refractivity contribution >= 4 is 15.9 Å². The zero-order valence-electron chi connectivity index (χ0n) is 11.4. The third-order valence-electron chi connectivity index (χ3n) is 4.07. The average molecular weight is 312 g/mol. The summed E-state index contributed by atoms with van der Waals surface area (Å²) in [6.07, 6.45) is 3.85. The number of hydrogen-bond donors (Lipinski definition) is 1. The first kappa shape index (κ1) is 13.9. The molecule has 0 spiro atoms. The molecule has 0 bridgehead atoms. The summed E-state index contributed by atoms with van der Waals surface area (Å²) in [6, 6.07) is 5.21. The van der Waals surface area contributed by atoms with Crippen LogP contribution in [0.15, 0.2) is 16.6 Å². The maximum atomic E-state index is 10.2. The zero-order chi connectivity index (χ0) is 13.3. The smallest absolute Gasteiger partial charge is 0.123 e. The summed E-state index contributed by atoms with van der Waals surface area (Å²) < 4.78 is 1.05. The Morgan fingerprint density at radius 2 is 1.89 bits per heavy atom. The van der Waals surface area contributed by atoms with E-state index in [9.17, 15) is 5.11 Å². The molecule has 0 saturated carbocycles. The summed E-state index contributed by atoms with van der Waals surface area (Å²) >= 11 is 3.51. The van der Waals surface area contributed by atoms with Gasteiger partial charge in [0.2, 0.25) is 0 Å². The van der Waals surface area contributed by atoms with Crippen LogP contribution in [0.1, 0.15) is 44.2 Å². The van der Waals surface area contributed by atoms with Crippen LogP contribution in [0.25, 0.3) is 0 Å². The largest absolute Gasteiger partial charge is 0.507 e. The van der Waals surface area contributed by atoms with Gasteiger partial charge >= 0.3 is 0 Å². The van der Waals surface area contributed by atoms with E-state index in [4.69, 9.17) is 0 Å². The van der Waals surface area contributed by atoms with E-state index in [-0.39, 0.29) is 0 Å². The number of halogens is 1. The first-order valence-corrected chi connectivity index (χ1v) is 7.52. The van der Waals surface area contributed by atoms with E-state index >= 15 is 0 Å². The van der Waals surface area contributed by atoms with Gasteiger partial charge in [0.25, 0.3) is 0 Å². The van der Waals surface area contributed by atoms with Gasteiger partial charge in [-0.3, -0.25) is 4.90 Å². The molecule has 0 aliphatic carbocycles. The lowest BCUT2D eigenvalue weighted by Crippen LogP contribution is -2.42. The van der Waals surface area contributed by atoms with E-state index in [1.54, 1.807) is 0 Å². The van der Waals surface area contributed by atoms with Crippen molar-refractivity contribution in [3.05, 3.63) is 27.7 Å². The second kappa shape index (κ2) is 5.62. The predicted molar refractivity (Wildman–Crippen MR) is 78.9 cm³/mol. The van der Waals surface area contributed by atoms with Gasteiger partial charge in [-0.1, -0.05) is 22.4 Å². The minimum absolute atomic E-state index is 0.447. The van der Waals surface area contributed by atoms with Crippen LogP contribution in [0.4, 0.5) is 0 Å². The molecular formula is C15H22BrNO. The maximum Gasteiger partial charge on any atom is 0.123 e. The first-order valence-electron chi connectivity index (χ1n) is 6.72. The van der Waals surface area contributed by atoms with Gasteiger partial charge in [-0.15, -0.1) is 0 Å². The van der Waals surface area contributed by atoms with Gasteiger partial charge in [-0.25, -0.2) is 0 Å². The normalized spacial score (nSPS) is 25.3. The second-order valence-electron chi connectivity index (χ2n) is 5.53. The molecule has 2 atom stereocenters. The molecule has 1 saturated heterocycles. The van der Waals surface area contributed by atoms with Crippen molar-refractivity contribution in [1.82, 2.24) is 4.90 Å². The Labute approximate surface area is 118 Å². The SMILES string of the molecule is Cc1cc(Br)cc(CN2[C@H](C)CCC[C@@H]2C)c1O. The Kier molecular flexibility index (Phi) is 4.33. The summed E-state index contributed by atoms with van der Waals surface area (Å²) in [7, 11) is 0. The zero-order valence-corrected chi connectivity index (χ0v) is 13.0. The van der Waals surface area contributed by atoms with E-state index in [0.717, 1.165) is 22.1 Å². The van der Waals surface area contributed by atoms with Crippen molar-refractivity contribution in [1.29, 1.82) is 0 Å². The lowest BCUT2D eigenvalue weighted by Gasteiger charge is -2.39. The molecule has 1 fully saturated rings. The summed E-state index contributed by atoms with van der Waals surface area (Å²) in [4.78, 5) is 2.50. The highest BCUT2D eigenvalue weighted by molar-refractivity contribution is 9.10. The molecule has 2 nitrogen and oxygen atoms in total. The number of benzene rings is 1. The molecule has 0 unspecified atom stereocenters. The Balaban J connectivity index is 2.22. The highest BCUT2D eigenvalue weighted by atomic mass is 79.9. The van der Waals surface area contributed by atoms with Crippen LogP contribution in [0.5, 0.6) is 5.75 Å². The van der Waals surface area contributed by atoms with Crippen LogP contribution in [0.3, 0.4) is 0 Å². The van der Waals surface area contributed by atoms with E-state index < -0.39 is 0 Å². The minimum Gasteiger partial charge on any atom is -0.507 e. The Bertz CT molecular complexity index is 423. The van der Waals surface area contributed by atoms with Gasteiger partial charge in [0, 0.05) is 28.7 Å². The number of likely N-dealkylation sites (tertiary alicyclic amines) is 1. The Hall–Kier alpha value is -0.540. The molecule has 1 N–H and O–H groups in total. The van der Waals surface area contributed by atoms with Gasteiger partial charge in [-0.2, -0.15) is 0 Å². The van der Waals surface area contributed by atoms with E-state index in [2.05, 4.69) is 34.7 Å². The third kappa shape index (κ3) is 2.89. The van der Waals surface area contributed by atoms with Crippen LogP contribution in [-0.2, 0) is 6.54 Å². The highest BCUT2D eigenvalue weighted by Crippen LogP contribution is 2.31. The molecule has 3 heteroatoms. The maximum absolute atomic E-state index is 10.2. The molecule has 0 amide bonds. The third-order valence-corrected chi connectivity index (χ3v) is 4.53. The van der Waals surface area contributed by atoms with Crippen molar-refractivity contribution in [3.63, 3.8) is 0 Å². The van der Waals surface area contributed by atoms with Crippen molar-refractivity contribution in [2.24, 2.45) is 0 Å². The first-order chi connectivity index (χ1) is 8.49. The number of nitrogens with zero attached hydrogens (tertiary/aromatic N) is 1. The molecule has 2 rings (SSSR count). The molecular weight excluding hydrogens is 290 g/mol. The van der Waals surface area contributed by atoms with Crippen LogP contribution in [0, 0.1) is 6.92 Å². The number of rotatable bonds is 2. The summed E-state index contributed by atoms with van der Waals surface area (Å²) in [6.45, 7) is 7.37. The fraction of sp³-hybridized carbons (Fsp3) is 0.600. The van der Waals surface area contributed by atoms with Crippen molar-refractivity contribution < 1.29 is 5.11 Å². The molecule has 1 aromatic carbocycles. The van der Waals surface area contributed by atoms with E-state index in [0.29, 0.717) is 17.8 Å². The van der Waals surface area contributed by atoms with Crippen LogP contribution in [-0.4, -0.2) is 22.1 Å². The molecule has 1 aromatic rings. The average Bonchev–Trinajstić information content (AvgIpc) is 2.30. The molecule has 1 aliphatic rings. The summed E-state index contributed by atoms with van der Waals surface area (Å²) in [5.41, 5.74) is 1.97. The second-order valence-corrected chi connectivity index (χ2v) is 6.45. The Morgan fingerprint density at radius 3 is 2.50 bits per heavy atom. The van der Waals surface area contributed by atoms with Crippen molar-refractivity contribution in [2.75, 3.05) is 0 Å². The van der Waals surface area contributed by atoms with Crippen LogP contribution >= 0.6 is 15.9 Å². The Morgan fingerprint density at radius 1 is 1.28 bits per heavy atom. The molecule has 100 valence electrons. The van der Waals surface area contributed by atoms with E-state index in [1.807, 2.05) is 19.1 Å². The number of aryl methyl sites for hydroxylation is 1. The van der Waals surface area contributed by atoms with Gasteiger partial charge in [-0.05, 0) is 51.3 Å². The molecule has 1 aliphatic heterocycles. The molecule has 18 heavy (non-hydrogen) atoms. The number of piperidine rings is 1. The molecule has 1 heterocycles. The van der Waals surface area contributed by atoms with Gasteiger partial charge < -0.3 is 5.11 Å². The molecule has 0 radical (unpaired) electrons. The monoisotopic (exact) mass is 311 g/mol. The van der Waals surface area contributed by atoms with E-state index in [1.165, 1.54) is 19.3 Å². The molecule has 0 aromatic heterocycles. The van der Waals surface area contributed by atoms with Gasteiger partial charge in [0.15, 0.2) is 0 Å². The topological polar surface area (TPSA) is 23.5 Å². The highest BCUT2D eigenvalue weighted by Gasteiger charge is 2.25. The van der Waals surface area contributed by atoms with Gasteiger partial charge in [0.1, 0.15) is 5.75 Å². The number of aromatic hydroxyl groups is 1. The minimum atomic E-state index is 0.447. The van der Waals surface area contributed by atoms with Crippen LogP contribution in [0.2, 0.25) is 0 Å². The number of phenolic OH excluding ortho intramolecular Hbond substituents is 1. The fourth-order valence-electron chi connectivity index (χ4n) is 2.91. The van der Waals surface area contributed by atoms with Crippen LogP contribution < -0.4 is 0 Å². The van der Waals surface area contributed by atoms with Crippen molar-refractivity contribution in [2.45, 2.75) is 58.7 Å². The predicted octanol–water partition coefficient (Wildman–Crippen LogP) is 4.23. The lowest BCUT2D eigenvalue weighted by atomic mass is 9.96. The lowest BCUT2D eigenvalue weighted by molar-refractivity contribution is 0.0943.